The Morgan fingerprint density at radius 1 is 1.09 bits per heavy atom. The molecule has 2 rings (SSSR count). The Hall–Kier alpha value is -2.21. The van der Waals surface area contributed by atoms with Gasteiger partial charge in [-0.2, -0.15) is 0 Å². The zero-order chi connectivity index (χ0) is 16.8. The van der Waals surface area contributed by atoms with Gasteiger partial charge in [0.25, 0.3) is 0 Å². The summed E-state index contributed by atoms with van der Waals surface area (Å²) in [7, 11) is 4.66. The first-order chi connectivity index (χ1) is 11.1. The van der Waals surface area contributed by atoms with E-state index in [1.165, 1.54) is 4.88 Å². The molecule has 0 atom stereocenters. The molecule has 0 saturated heterocycles. The van der Waals surface area contributed by atoms with Crippen molar-refractivity contribution < 1.29 is 19.0 Å². The van der Waals surface area contributed by atoms with Gasteiger partial charge in [-0.15, -0.1) is 11.3 Å². The van der Waals surface area contributed by atoms with Crippen LogP contribution in [0.25, 0.3) is 0 Å². The number of thiophene rings is 1. The number of rotatable bonds is 7. The van der Waals surface area contributed by atoms with Crippen LogP contribution in [-0.2, 0) is 17.8 Å². The number of hydrogen-bond acceptors (Lipinski definition) is 5. The molecule has 1 aromatic heterocycles. The number of hydrogen-bond donors (Lipinski definition) is 1. The second-order valence-corrected chi connectivity index (χ2v) is 6.37. The summed E-state index contributed by atoms with van der Waals surface area (Å²) in [6.07, 6.45) is 0.251. The first kappa shape index (κ1) is 17.1. The predicted octanol–water partition coefficient (Wildman–Crippen LogP) is 2.94. The van der Waals surface area contributed by atoms with Crippen molar-refractivity contribution in [3.8, 4) is 17.2 Å². The summed E-state index contributed by atoms with van der Waals surface area (Å²) in [5.41, 5.74) is 0.805. The van der Waals surface area contributed by atoms with E-state index in [1.54, 1.807) is 44.8 Å². The van der Waals surface area contributed by atoms with Gasteiger partial charge in [0.15, 0.2) is 11.5 Å². The summed E-state index contributed by atoms with van der Waals surface area (Å²) in [4.78, 5) is 14.5. The van der Waals surface area contributed by atoms with Crippen LogP contribution < -0.4 is 19.5 Å². The molecule has 1 aromatic carbocycles. The molecule has 0 saturated carbocycles. The van der Waals surface area contributed by atoms with Gasteiger partial charge in [0.05, 0.1) is 34.3 Å². The van der Waals surface area contributed by atoms with Crippen molar-refractivity contribution in [3.05, 3.63) is 39.6 Å². The summed E-state index contributed by atoms with van der Waals surface area (Å²) in [6.45, 7) is 2.59. The lowest BCUT2D eigenvalue weighted by Crippen LogP contribution is -2.24. The number of aryl methyl sites for hydroxylation is 1. The van der Waals surface area contributed by atoms with Crippen molar-refractivity contribution in [2.75, 3.05) is 21.3 Å². The fraction of sp³-hybridized carbons (Fsp3) is 0.353. The standard InChI is InChI=1S/C17H21NO4S/c1-11-5-6-13(23-11)10-18-16(19)9-12-7-14(20-2)17(22-4)15(8-12)21-3/h5-8H,9-10H2,1-4H3,(H,18,19). The van der Waals surface area contributed by atoms with Crippen LogP contribution in [0.2, 0.25) is 0 Å². The van der Waals surface area contributed by atoms with E-state index in [1.807, 2.05) is 19.1 Å². The maximum atomic E-state index is 12.1. The second kappa shape index (κ2) is 7.87. The minimum Gasteiger partial charge on any atom is -0.493 e. The third-order valence-electron chi connectivity index (χ3n) is 3.34. The largest absolute Gasteiger partial charge is 0.493 e. The van der Waals surface area contributed by atoms with Gasteiger partial charge in [-0.25, -0.2) is 0 Å². The van der Waals surface area contributed by atoms with Gasteiger partial charge in [-0.05, 0) is 36.8 Å². The highest BCUT2D eigenvalue weighted by molar-refractivity contribution is 7.11. The highest BCUT2D eigenvalue weighted by Crippen LogP contribution is 2.38. The van der Waals surface area contributed by atoms with Gasteiger partial charge in [0, 0.05) is 9.75 Å². The fourth-order valence-corrected chi connectivity index (χ4v) is 3.08. The van der Waals surface area contributed by atoms with Crippen LogP contribution in [0.3, 0.4) is 0 Å². The molecule has 1 heterocycles. The fourth-order valence-electron chi connectivity index (χ4n) is 2.25. The SMILES string of the molecule is COc1cc(CC(=O)NCc2ccc(C)s2)cc(OC)c1OC. The summed E-state index contributed by atoms with van der Waals surface area (Å²) in [5, 5.41) is 2.92. The van der Waals surface area contributed by atoms with Crippen LogP contribution in [0.1, 0.15) is 15.3 Å². The first-order valence-corrected chi connectivity index (χ1v) is 8.00. The van der Waals surface area contributed by atoms with Crippen LogP contribution in [0.5, 0.6) is 17.2 Å². The zero-order valence-electron chi connectivity index (χ0n) is 13.8. The highest BCUT2D eigenvalue weighted by Gasteiger charge is 2.14. The lowest BCUT2D eigenvalue weighted by atomic mass is 10.1. The Bertz CT molecular complexity index is 656. The number of ether oxygens (including phenoxy) is 3. The molecule has 1 N–H and O–H groups in total. The first-order valence-electron chi connectivity index (χ1n) is 7.18. The number of benzene rings is 1. The number of methoxy groups -OCH3 is 3. The Morgan fingerprint density at radius 3 is 2.22 bits per heavy atom. The van der Waals surface area contributed by atoms with Crippen molar-refractivity contribution in [3.63, 3.8) is 0 Å². The van der Waals surface area contributed by atoms with Crippen molar-refractivity contribution in [1.82, 2.24) is 5.32 Å². The minimum absolute atomic E-state index is 0.0506. The molecule has 6 heteroatoms. The number of nitrogens with one attached hydrogen (secondary N) is 1. The van der Waals surface area contributed by atoms with Crippen molar-refractivity contribution in [2.24, 2.45) is 0 Å². The van der Waals surface area contributed by atoms with E-state index in [9.17, 15) is 4.79 Å². The molecule has 0 unspecified atom stereocenters. The van der Waals surface area contributed by atoms with Gasteiger partial charge in [-0.3, -0.25) is 4.79 Å². The van der Waals surface area contributed by atoms with E-state index in [0.717, 1.165) is 10.4 Å². The summed E-state index contributed by atoms with van der Waals surface area (Å²) >= 11 is 1.68. The molecule has 0 fully saturated rings. The maximum Gasteiger partial charge on any atom is 0.224 e. The third-order valence-corrected chi connectivity index (χ3v) is 4.35. The van der Waals surface area contributed by atoms with Gasteiger partial charge in [-0.1, -0.05) is 0 Å². The molecule has 0 aliphatic carbocycles. The average Bonchev–Trinajstić information content (AvgIpc) is 2.97. The van der Waals surface area contributed by atoms with E-state index in [2.05, 4.69) is 5.32 Å². The van der Waals surface area contributed by atoms with Gasteiger partial charge >= 0.3 is 0 Å². The van der Waals surface area contributed by atoms with E-state index >= 15 is 0 Å². The second-order valence-electron chi connectivity index (χ2n) is 5.00. The highest BCUT2D eigenvalue weighted by atomic mass is 32.1. The molecule has 0 radical (unpaired) electrons. The molecule has 0 aliphatic rings. The quantitative estimate of drug-likeness (QED) is 0.845. The van der Waals surface area contributed by atoms with Crippen LogP contribution >= 0.6 is 11.3 Å². The van der Waals surface area contributed by atoms with E-state index < -0.39 is 0 Å². The van der Waals surface area contributed by atoms with Gasteiger partial charge < -0.3 is 19.5 Å². The smallest absolute Gasteiger partial charge is 0.224 e. The Morgan fingerprint density at radius 2 is 1.74 bits per heavy atom. The zero-order valence-corrected chi connectivity index (χ0v) is 14.6. The van der Waals surface area contributed by atoms with Crippen molar-refractivity contribution >= 4 is 17.2 Å². The normalized spacial score (nSPS) is 10.3. The summed E-state index contributed by atoms with van der Waals surface area (Å²) in [6, 6.07) is 7.65. The lowest BCUT2D eigenvalue weighted by Gasteiger charge is -2.14. The molecule has 2 aromatic rings. The Balaban J connectivity index is 2.05. The maximum absolute atomic E-state index is 12.1. The van der Waals surface area contributed by atoms with Crippen molar-refractivity contribution in [1.29, 1.82) is 0 Å². The molecule has 5 nitrogen and oxygen atoms in total. The molecule has 124 valence electrons. The monoisotopic (exact) mass is 335 g/mol. The van der Waals surface area contributed by atoms with Crippen LogP contribution in [-0.4, -0.2) is 27.2 Å². The summed E-state index contributed by atoms with van der Waals surface area (Å²) in [5.74, 6) is 1.56. The van der Waals surface area contributed by atoms with Crippen LogP contribution in [0, 0.1) is 6.92 Å². The predicted molar refractivity (Wildman–Crippen MR) is 90.7 cm³/mol. The van der Waals surface area contributed by atoms with Gasteiger partial charge in [0.2, 0.25) is 11.7 Å². The number of amides is 1. The lowest BCUT2D eigenvalue weighted by molar-refractivity contribution is -0.120. The topological polar surface area (TPSA) is 56.8 Å². The molecule has 0 spiro atoms. The Labute approximate surface area is 140 Å². The summed E-state index contributed by atoms with van der Waals surface area (Å²) < 4.78 is 15.9. The van der Waals surface area contributed by atoms with E-state index in [0.29, 0.717) is 23.8 Å². The van der Waals surface area contributed by atoms with Crippen LogP contribution in [0.15, 0.2) is 24.3 Å². The van der Waals surface area contributed by atoms with E-state index in [-0.39, 0.29) is 12.3 Å². The molecule has 1 amide bonds. The third kappa shape index (κ3) is 4.39. The van der Waals surface area contributed by atoms with Gasteiger partial charge in [0.1, 0.15) is 0 Å². The molecule has 0 aliphatic heterocycles. The molecular weight excluding hydrogens is 314 g/mol. The molecular formula is C17H21NO4S. The molecule has 0 bridgehead atoms. The average molecular weight is 335 g/mol. The molecule has 23 heavy (non-hydrogen) atoms. The number of carbonyl (C=O) groups excluding carboxylic acids is 1. The van der Waals surface area contributed by atoms with Crippen LogP contribution in [0.4, 0.5) is 0 Å². The van der Waals surface area contributed by atoms with Crippen molar-refractivity contribution in [2.45, 2.75) is 19.9 Å². The number of carbonyl (C=O) groups is 1. The van der Waals surface area contributed by atoms with E-state index in [4.69, 9.17) is 14.2 Å². The minimum atomic E-state index is -0.0506. The Kier molecular flexibility index (Phi) is 5.87.